The van der Waals surface area contributed by atoms with Crippen molar-refractivity contribution < 1.29 is 19.1 Å². The molecule has 0 aliphatic rings. The van der Waals surface area contributed by atoms with E-state index in [-0.39, 0.29) is 31.3 Å². The van der Waals surface area contributed by atoms with Crippen LogP contribution in [0.5, 0.6) is 0 Å². The van der Waals surface area contributed by atoms with Crippen molar-refractivity contribution in [3.63, 3.8) is 0 Å². The highest BCUT2D eigenvalue weighted by molar-refractivity contribution is 5.89. The van der Waals surface area contributed by atoms with Crippen LogP contribution in [0.25, 0.3) is 0 Å². The number of hydrogen-bond donors (Lipinski definition) is 2. The molecular formula is C24H30N2O4. The predicted molar refractivity (Wildman–Crippen MR) is 115 cm³/mol. The van der Waals surface area contributed by atoms with Crippen molar-refractivity contribution in [2.45, 2.75) is 58.2 Å². The molecule has 2 amide bonds. The number of hydrogen-bond acceptors (Lipinski definition) is 4. The molecule has 6 heteroatoms. The third-order valence-corrected chi connectivity index (χ3v) is 4.23. The highest BCUT2D eigenvalue weighted by Gasteiger charge is 2.27. The summed E-state index contributed by atoms with van der Waals surface area (Å²) in [6.45, 7) is 5.64. The van der Waals surface area contributed by atoms with E-state index < -0.39 is 17.6 Å². The zero-order valence-electron chi connectivity index (χ0n) is 17.8. The SMILES string of the molecule is CC(C)(C)NC(=O)C[C@H](NC(=O)CCc1ccccc1)C(=O)OCc1ccccc1. The number of nitrogens with one attached hydrogen (secondary N) is 2. The van der Waals surface area contributed by atoms with Gasteiger partial charge in [-0.25, -0.2) is 4.79 Å². The van der Waals surface area contributed by atoms with E-state index in [0.29, 0.717) is 6.42 Å². The van der Waals surface area contributed by atoms with Crippen LogP contribution >= 0.6 is 0 Å². The second kappa shape index (κ2) is 11.1. The molecule has 2 rings (SSSR count). The van der Waals surface area contributed by atoms with Gasteiger partial charge in [-0.1, -0.05) is 60.7 Å². The van der Waals surface area contributed by atoms with Crippen molar-refractivity contribution in [3.05, 3.63) is 71.8 Å². The van der Waals surface area contributed by atoms with Gasteiger partial charge >= 0.3 is 5.97 Å². The van der Waals surface area contributed by atoms with E-state index in [1.165, 1.54) is 0 Å². The van der Waals surface area contributed by atoms with Gasteiger partial charge in [0, 0.05) is 12.0 Å². The largest absolute Gasteiger partial charge is 0.459 e. The Morgan fingerprint density at radius 1 is 0.867 bits per heavy atom. The summed E-state index contributed by atoms with van der Waals surface area (Å²) >= 11 is 0. The molecule has 0 unspecified atom stereocenters. The second-order valence-corrected chi connectivity index (χ2v) is 8.20. The number of benzene rings is 2. The predicted octanol–water partition coefficient (Wildman–Crippen LogP) is 3.15. The lowest BCUT2D eigenvalue weighted by Gasteiger charge is -2.23. The van der Waals surface area contributed by atoms with Crippen LogP contribution in [-0.2, 0) is 32.1 Å². The van der Waals surface area contributed by atoms with Gasteiger partial charge in [0.25, 0.3) is 0 Å². The lowest BCUT2D eigenvalue weighted by atomic mass is 10.1. The standard InChI is InChI=1S/C24H30N2O4/c1-24(2,3)26-22(28)16-20(23(29)30-17-19-12-8-5-9-13-19)25-21(27)15-14-18-10-6-4-7-11-18/h4-13,20H,14-17H2,1-3H3,(H,25,27)(H,26,28)/t20-/m0/s1. The van der Waals surface area contributed by atoms with Crippen LogP contribution in [-0.4, -0.2) is 29.4 Å². The van der Waals surface area contributed by atoms with E-state index in [0.717, 1.165) is 11.1 Å². The van der Waals surface area contributed by atoms with E-state index in [1.54, 1.807) is 0 Å². The Morgan fingerprint density at radius 3 is 2.00 bits per heavy atom. The first kappa shape index (κ1) is 23.1. The molecule has 160 valence electrons. The van der Waals surface area contributed by atoms with E-state index >= 15 is 0 Å². The maximum atomic E-state index is 12.6. The van der Waals surface area contributed by atoms with Crippen molar-refractivity contribution in [1.29, 1.82) is 0 Å². The summed E-state index contributed by atoms with van der Waals surface area (Å²) in [6.07, 6.45) is 0.585. The highest BCUT2D eigenvalue weighted by Crippen LogP contribution is 2.07. The van der Waals surface area contributed by atoms with Crippen LogP contribution in [0.2, 0.25) is 0 Å². The molecule has 0 aromatic heterocycles. The average molecular weight is 411 g/mol. The lowest BCUT2D eigenvalue weighted by Crippen LogP contribution is -2.48. The highest BCUT2D eigenvalue weighted by atomic mass is 16.5. The molecule has 2 aromatic carbocycles. The van der Waals surface area contributed by atoms with Gasteiger partial charge in [0.15, 0.2) is 0 Å². The topological polar surface area (TPSA) is 84.5 Å². The van der Waals surface area contributed by atoms with Gasteiger partial charge < -0.3 is 15.4 Å². The molecule has 0 radical (unpaired) electrons. The Balaban J connectivity index is 1.97. The Kier molecular flexibility index (Phi) is 8.59. The molecule has 0 bridgehead atoms. The summed E-state index contributed by atoms with van der Waals surface area (Å²) in [5.74, 6) is -1.26. The maximum absolute atomic E-state index is 12.6. The second-order valence-electron chi connectivity index (χ2n) is 8.20. The van der Waals surface area contributed by atoms with Gasteiger partial charge in [-0.15, -0.1) is 0 Å². The molecule has 2 N–H and O–H groups in total. The molecule has 0 fully saturated rings. The normalized spacial score (nSPS) is 12.0. The molecule has 0 spiro atoms. The molecule has 2 aromatic rings. The van der Waals surface area contributed by atoms with Gasteiger partial charge in [-0.05, 0) is 38.3 Å². The first-order valence-electron chi connectivity index (χ1n) is 10.1. The number of amides is 2. The van der Waals surface area contributed by atoms with Gasteiger partial charge in [-0.3, -0.25) is 9.59 Å². The van der Waals surface area contributed by atoms with Crippen molar-refractivity contribution >= 4 is 17.8 Å². The van der Waals surface area contributed by atoms with Crippen molar-refractivity contribution in [2.75, 3.05) is 0 Å². The average Bonchev–Trinajstić information content (AvgIpc) is 2.70. The monoisotopic (exact) mass is 410 g/mol. The van der Waals surface area contributed by atoms with Gasteiger partial charge in [-0.2, -0.15) is 0 Å². The minimum Gasteiger partial charge on any atom is -0.459 e. The number of carbonyl (C=O) groups excluding carboxylic acids is 3. The lowest BCUT2D eigenvalue weighted by molar-refractivity contribution is -0.150. The van der Waals surface area contributed by atoms with Crippen LogP contribution in [0, 0.1) is 0 Å². The van der Waals surface area contributed by atoms with Crippen LogP contribution in [0.15, 0.2) is 60.7 Å². The Labute approximate surface area is 178 Å². The van der Waals surface area contributed by atoms with Crippen molar-refractivity contribution in [1.82, 2.24) is 10.6 Å². The van der Waals surface area contributed by atoms with E-state index in [9.17, 15) is 14.4 Å². The summed E-state index contributed by atoms with van der Waals surface area (Å²) in [6, 6.07) is 17.8. The molecule has 30 heavy (non-hydrogen) atoms. The Bertz CT molecular complexity index is 829. The van der Waals surface area contributed by atoms with Gasteiger partial charge in [0.1, 0.15) is 12.6 Å². The first-order valence-corrected chi connectivity index (χ1v) is 10.1. The number of ether oxygens (including phenoxy) is 1. The third kappa shape index (κ3) is 8.90. The molecule has 0 saturated heterocycles. The number of aryl methyl sites for hydroxylation is 1. The minimum absolute atomic E-state index is 0.0803. The zero-order chi connectivity index (χ0) is 22.0. The van der Waals surface area contributed by atoms with E-state index in [2.05, 4.69) is 10.6 Å². The molecule has 0 heterocycles. The number of rotatable bonds is 9. The fraction of sp³-hybridized carbons (Fsp3) is 0.375. The fourth-order valence-corrected chi connectivity index (χ4v) is 2.85. The molecule has 6 nitrogen and oxygen atoms in total. The maximum Gasteiger partial charge on any atom is 0.329 e. The third-order valence-electron chi connectivity index (χ3n) is 4.23. The molecule has 0 saturated carbocycles. The summed E-state index contributed by atoms with van der Waals surface area (Å²) in [5, 5.41) is 5.48. The van der Waals surface area contributed by atoms with Crippen LogP contribution in [0.1, 0.15) is 44.7 Å². The van der Waals surface area contributed by atoms with Crippen molar-refractivity contribution in [2.24, 2.45) is 0 Å². The number of esters is 1. The molecule has 0 aliphatic carbocycles. The van der Waals surface area contributed by atoms with Crippen LogP contribution in [0.3, 0.4) is 0 Å². The molecule has 1 atom stereocenters. The minimum atomic E-state index is -1.04. The van der Waals surface area contributed by atoms with Gasteiger partial charge in [0.2, 0.25) is 11.8 Å². The Hall–Kier alpha value is -3.15. The molecule has 0 aliphatic heterocycles. The molecular weight excluding hydrogens is 380 g/mol. The van der Waals surface area contributed by atoms with Crippen LogP contribution < -0.4 is 10.6 Å². The van der Waals surface area contributed by atoms with E-state index in [1.807, 2.05) is 81.4 Å². The summed E-state index contributed by atoms with van der Waals surface area (Å²) in [7, 11) is 0. The van der Waals surface area contributed by atoms with Crippen LogP contribution in [0.4, 0.5) is 0 Å². The summed E-state index contributed by atoms with van der Waals surface area (Å²) in [4.78, 5) is 37.4. The quantitative estimate of drug-likeness (QED) is 0.622. The fourth-order valence-electron chi connectivity index (χ4n) is 2.85. The summed E-state index contributed by atoms with van der Waals surface area (Å²) in [5.41, 5.74) is 1.42. The zero-order valence-corrected chi connectivity index (χ0v) is 17.8. The van der Waals surface area contributed by atoms with E-state index in [4.69, 9.17) is 4.74 Å². The summed E-state index contributed by atoms with van der Waals surface area (Å²) < 4.78 is 5.35. The first-order chi connectivity index (χ1) is 14.2. The van der Waals surface area contributed by atoms with Gasteiger partial charge in [0.05, 0.1) is 6.42 Å². The van der Waals surface area contributed by atoms with Crippen molar-refractivity contribution in [3.8, 4) is 0 Å². The smallest absolute Gasteiger partial charge is 0.329 e. The number of carbonyl (C=O) groups is 3. The Morgan fingerprint density at radius 2 is 1.43 bits per heavy atom.